The van der Waals surface area contributed by atoms with Gasteiger partial charge in [-0.3, -0.25) is 4.79 Å². The number of nitrogen functional groups attached to an aromatic ring is 1. The van der Waals surface area contributed by atoms with Crippen LogP contribution in [0.4, 0.5) is 11.4 Å². The van der Waals surface area contributed by atoms with E-state index >= 15 is 0 Å². The maximum Gasteiger partial charge on any atom is 0.255 e. The first-order chi connectivity index (χ1) is 10.0. The highest BCUT2D eigenvalue weighted by molar-refractivity contribution is 6.39. The molecule has 0 fully saturated rings. The number of carbonyl (C=O) groups is 1. The largest absolute Gasteiger partial charge is 0.396 e. The van der Waals surface area contributed by atoms with Gasteiger partial charge in [-0.15, -0.1) is 0 Å². The van der Waals surface area contributed by atoms with Crippen molar-refractivity contribution in [2.45, 2.75) is 6.61 Å². The van der Waals surface area contributed by atoms with Crippen molar-refractivity contribution < 1.29 is 9.53 Å². The molecule has 0 unspecified atom stereocenters. The van der Waals surface area contributed by atoms with Gasteiger partial charge in [0.25, 0.3) is 5.91 Å². The molecule has 0 radical (unpaired) electrons. The predicted molar refractivity (Wildman–Crippen MR) is 86.0 cm³/mol. The lowest BCUT2D eigenvalue weighted by atomic mass is 10.1. The van der Waals surface area contributed by atoms with Gasteiger partial charge in [0, 0.05) is 18.4 Å². The number of rotatable bonds is 4. The SMILES string of the molecule is COCc1cccc(C(=O)Nc2cc(Cl)c(N)c(Cl)c2)c1. The van der Waals surface area contributed by atoms with Crippen molar-refractivity contribution in [3.05, 3.63) is 57.6 Å². The number of benzene rings is 2. The molecule has 110 valence electrons. The van der Waals surface area contributed by atoms with Gasteiger partial charge >= 0.3 is 0 Å². The number of amides is 1. The monoisotopic (exact) mass is 324 g/mol. The Morgan fingerprint density at radius 3 is 2.52 bits per heavy atom. The van der Waals surface area contributed by atoms with E-state index in [9.17, 15) is 4.79 Å². The average molecular weight is 325 g/mol. The standard InChI is InChI=1S/C15H14Cl2N2O2/c1-21-8-9-3-2-4-10(5-9)15(20)19-11-6-12(16)14(18)13(17)7-11/h2-7H,8,18H2,1H3,(H,19,20). The summed E-state index contributed by atoms with van der Waals surface area (Å²) in [6, 6.07) is 10.3. The zero-order chi connectivity index (χ0) is 15.4. The normalized spacial score (nSPS) is 10.4. The number of carbonyl (C=O) groups excluding carboxylic acids is 1. The van der Waals surface area contributed by atoms with Gasteiger partial charge < -0.3 is 15.8 Å². The molecule has 4 nitrogen and oxygen atoms in total. The Balaban J connectivity index is 2.20. The first-order valence-electron chi connectivity index (χ1n) is 6.15. The molecule has 0 aliphatic carbocycles. The summed E-state index contributed by atoms with van der Waals surface area (Å²) < 4.78 is 5.05. The zero-order valence-electron chi connectivity index (χ0n) is 11.3. The highest BCUT2D eigenvalue weighted by atomic mass is 35.5. The van der Waals surface area contributed by atoms with E-state index in [1.165, 1.54) is 0 Å². The van der Waals surface area contributed by atoms with Crippen molar-refractivity contribution >= 4 is 40.5 Å². The summed E-state index contributed by atoms with van der Waals surface area (Å²) in [6.45, 7) is 0.445. The summed E-state index contributed by atoms with van der Waals surface area (Å²) >= 11 is 11.9. The molecule has 0 saturated carbocycles. The zero-order valence-corrected chi connectivity index (χ0v) is 12.8. The fourth-order valence-electron chi connectivity index (χ4n) is 1.83. The van der Waals surface area contributed by atoms with Gasteiger partial charge in [0.05, 0.1) is 22.3 Å². The second-order valence-corrected chi connectivity index (χ2v) is 5.26. The second kappa shape index (κ2) is 6.80. The Labute approximate surface area is 132 Å². The molecular weight excluding hydrogens is 311 g/mol. The van der Waals surface area contributed by atoms with Gasteiger partial charge in [0.15, 0.2) is 0 Å². The van der Waals surface area contributed by atoms with Crippen LogP contribution in [-0.2, 0) is 11.3 Å². The van der Waals surface area contributed by atoms with Crippen LogP contribution in [0.15, 0.2) is 36.4 Å². The van der Waals surface area contributed by atoms with Crippen LogP contribution in [0.5, 0.6) is 0 Å². The first kappa shape index (κ1) is 15.6. The lowest BCUT2D eigenvalue weighted by molar-refractivity contribution is 0.102. The van der Waals surface area contributed by atoms with Crippen molar-refractivity contribution in [1.29, 1.82) is 0 Å². The van der Waals surface area contributed by atoms with E-state index in [-0.39, 0.29) is 5.91 Å². The number of halogens is 2. The Morgan fingerprint density at radius 2 is 1.90 bits per heavy atom. The van der Waals surface area contributed by atoms with Gasteiger partial charge in [-0.05, 0) is 29.8 Å². The molecule has 0 atom stereocenters. The van der Waals surface area contributed by atoms with Crippen molar-refractivity contribution in [1.82, 2.24) is 0 Å². The van der Waals surface area contributed by atoms with Crippen LogP contribution in [0.25, 0.3) is 0 Å². The fourth-order valence-corrected chi connectivity index (χ4v) is 2.32. The van der Waals surface area contributed by atoms with Crippen LogP contribution in [-0.4, -0.2) is 13.0 Å². The molecule has 0 aliphatic heterocycles. The van der Waals surface area contributed by atoms with E-state index in [2.05, 4.69) is 5.32 Å². The Kier molecular flexibility index (Phi) is 5.07. The first-order valence-corrected chi connectivity index (χ1v) is 6.90. The minimum atomic E-state index is -0.259. The van der Waals surface area contributed by atoms with Gasteiger partial charge in [0.2, 0.25) is 0 Å². The Morgan fingerprint density at radius 1 is 1.24 bits per heavy atom. The molecule has 21 heavy (non-hydrogen) atoms. The number of hydrogen-bond donors (Lipinski definition) is 2. The lowest BCUT2D eigenvalue weighted by Gasteiger charge is -2.09. The summed E-state index contributed by atoms with van der Waals surface area (Å²) in [5, 5.41) is 3.33. The summed E-state index contributed by atoms with van der Waals surface area (Å²) in [5.74, 6) is -0.259. The summed E-state index contributed by atoms with van der Waals surface area (Å²) in [6.07, 6.45) is 0. The molecular formula is C15H14Cl2N2O2. The maximum atomic E-state index is 12.2. The van der Waals surface area contributed by atoms with E-state index in [1.54, 1.807) is 37.4 Å². The number of anilines is 2. The third kappa shape index (κ3) is 3.88. The number of nitrogens with one attached hydrogen (secondary N) is 1. The summed E-state index contributed by atoms with van der Waals surface area (Å²) in [7, 11) is 1.60. The van der Waals surface area contributed by atoms with Crippen LogP contribution in [0.2, 0.25) is 10.0 Å². The fraction of sp³-hybridized carbons (Fsp3) is 0.133. The van der Waals surface area contributed by atoms with Crippen LogP contribution in [0, 0.1) is 0 Å². The van der Waals surface area contributed by atoms with Crippen molar-refractivity contribution in [3.63, 3.8) is 0 Å². The molecule has 1 amide bonds. The van der Waals surface area contributed by atoms with E-state index in [0.29, 0.717) is 33.6 Å². The molecule has 0 spiro atoms. The topological polar surface area (TPSA) is 64.3 Å². The van der Waals surface area contributed by atoms with Crippen molar-refractivity contribution in [3.8, 4) is 0 Å². The minimum absolute atomic E-state index is 0.259. The van der Waals surface area contributed by atoms with Crippen molar-refractivity contribution in [2.24, 2.45) is 0 Å². The number of ether oxygens (including phenoxy) is 1. The average Bonchev–Trinajstić information content (AvgIpc) is 2.45. The minimum Gasteiger partial charge on any atom is -0.396 e. The van der Waals surface area contributed by atoms with Crippen molar-refractivity contribution in [2.75, 3.05) is 18.2 Å². The molecule has 3 N–H and O–H groups in total. The number of hydrogen-bond acceptors (Lipinski definition) is 3. The van der Waals surface area contributed by atoms with Crippen LogP contribution >= 0.6 is 23.2 Å². The predicted octanol–water partition coefficient (Wildman–Crippen LogP) is 3.97. The van der Waals surface area contributed by atoms with E-state index in [1.807, 2.05) is 6.07 Å². The van der Waals surface area contributed by atoms with Crippen LogP contribution in [0.1, 0.15) is 15.9 Å². The van der Waals surface area contributed by atoms with Gasteiger partial charge in [-0.25, -0.2) is 0 Å². The maximum absolute atomic E-state index is 12.2. The molecule has 0 aliphatic rings. The lowest BCUT2D eigenvalue weighted by Crippen LogP contribution is -2.12. The number of nitrogens with two attached hydrogens (primary N) is 1. The Hall–Kier alpha value is -1.75. The van der Waals surface area contributed by atoms with Gasteiger partial charge in [0.1, 0.15) is 0 Å². The van der Waals surface area contributed by atoms with Crippen LogP contribution in [0.3, 0.4) is 0 Å². The number of methoxy groups -OCH3 is 1. The summed E-state index contributed by atoms with van der Waals surface area (Å²) in [4.78, 5) is 12.2. The van der Waals surface area contributed by atoms with E-state index < -0.39 is 0 Å². The Bertz CT molecular complexity index is 651. The smallest absolute Gasteiger partial charge is 0.255 e. The molecule has 0 aromatic heterocycles. The molecule has 0 saturated heterocycles. The third-order valence-electron chi connectivity index (χ3n) is 2.84. The highest BCUT2D eigenvalue weighted by Crippen LogP contribution is 2.31. The molecule has 0 heterocycles. The molecule has 6 heteroatoms. The van der Waals surface area contributed by atoms with E-state index in [0.717, 1.165) is 5.56 Å². The van der Waals surface area contributed by atoms with E-state index in [4.69, 9.17) is 33.7 Å². The second-order valence-electron chi connectivity index (χ2n) is 4.44. The highest BCUT2D eigenvalue weighted by Gasteiger charge is 2.10. The summed E-state index contributed by atoms with van der Waals surface area (Å²) in [5.41, 5.74) is 7.87. The van der Waals surface area contributed by atoms with Crippen LogP contribution < -0.4 is 11.1 Å². The quantitative estimate of drug-likeness (QED) is 0.836. The molecule has 2 rings (SSSR count). The van der Waals surface area contributed by atoms with Gasteiger partial charge in [-0.1, -0.05) is 35.3 Å². The third-order valence-corrected chi connectivity index (χ3v) is 3.46. The molecule has 2 aromatic rings. The molecule has 2 aromatic carbocycles. The van der Waals surface area contributed by atoms with Gasteiger partial charge in [-0.2, -0.15) is 0 Å². The molecule has 0 bridgehead atoms.